The largest absolute Gasteiger partial charge is 0.446 e. The van der Waals surface area contributed by atoms with E-state index in [9.17, 15) is 4.79 Å². The summed E-state index contributed by atoms with van der Waals surface area (Å²) >= 11 is 0. The van der Waals surface area contributed by atoms with Crippen LogP contribution in [0.5, 0.6) is 0 Å². The summed E-state index contributed by atoms with van der Waals surface area (Å²) in [5, 5.41) is 3.29. The minimum absolute atomic E-state index is 0.0664. The fourth-order valence-corrected chi connectivity index (χ4v) is 5.87. The smallest absolute Gasteiger partial charge is 0.407 e. The Morgan fingerprint density at radius 1 is 0.952 bits per heavy atom. The van der Waals surface area contributed by atoms with Crippen LogP contribution in [-0.2, 0) is 4.74 Å². The van der Waals surface area contributed by atoms with Crippen LogP contribution in [0.25, 0.3) is 0 Å². The fourth-order valence-electron chi connectivity index (χ4n) is 5.87. The topological polar surface area (TPSA) is 64.3 Å². The summed E-state index contributed by atoms with van der Waals surface area (Å²) in [6.45, 7) is 0. The Morgan fingerprint density at radius 3 is 2.00 bits per heavy atom. The minimum Gasteiger partial charge on any atom is -0.446 e. The second-order valence-corrected chi connectivity index (χ2v) is 8.26. The Kier molecular flexibility index (Phi) is 3.40. The average Bonchev–Trinajstić information content (AvgIpc) is 2.39. The first-order valence-corrected chi connectivity index (χ1v) is 8.85. The van der Waals surface area contributed by atoms with Crippen molar-refractivity contribution in [1.29, 1.82) is 0 Å². The Bertz CT molecular complexity index is 380. The molecule has 0 unspecified atom stereocenters. The first kappa shape index (κ1) is 13.9. The van der Waals surface area contributed by atoms with E-state index in [1.165, 1.54) is 38.5 Å². The van der Waals surface area contributed by atoms with Crippen LogP contribution in [0.1, 0.15) is 64.2 Å². The molecule has 0 spiro atoms. The van der Waals surface area contributed by atoms with Gasteiger partial charge in [-0.2, -0.15) is 0 Å². The van der Waals surface area contributed by atoms with Crippen LogP contribution < -0.4 is 11.1 Å². The lowest BCUT2D eigenvalue weighted by Gasteiger charge is -2.56. The molecular formula is C17H28N2O2. The van der Waals surface area contributed by atoms with E-state index in [0.717, 1.165) is 43.4 Å². The third-order valence-electron chi connectivity index (χ3n) is 6.40. The summed E-state index contributed by atoms with van der Waals surface area (Å²) in [6, 6.07) is 0.302. The van der Waals surface area contributed by atoms with E-state index in [-0.39, 0.29) is 17.7 Å². The molecular weight excluding hydrogens is 264 g/mol. The molecule has 3 N–H and O–H groups in total. The van der Waals surface area contributed by atoms with Crippen molar-refractivity contribution >= 4 is 6.09 Å². The Morgan fingerprint density at radius 2 is 1.48 bits per heavy atom. The van der Waals surface area contributed by atoms with E-state index < -0.39 is 0 Å². The number of rotatable bonds is 2. The van der Waals surface area contributed by atoms with Gasteiger partial charge in [-0.15, -0.1) is 0 Å². The summed E-state index contributed by atoms with van der Waals surface area (Å²) in [5.41, 5.74) is 5.97. The predicted molar refractivity (Wildman–Crippen MR) is 80.8 cm³/mol. The molecule has 5 rings (SSSR count). The number of alkyl carbamates (subject to hydrolysis) is 1. The maximum absolute atomic E-state index is 12.3. The molecule has 0 aromatic carbocycles. The van der Waals surface area contributed by atoms with Crippen molar-refractivity contribution in [2.24, 2.45) is 23.5 Å². The van der Waals surface area contributed by atoms with E-state index in [1.807, 2.05) is 0 Å². The number of carbonyl (C=O) groups is 1. The van der Waals surface area contributed by atoms with Crippen molar-refractivity contribution in [2.45, 2.75) is 81.9 Å². The van der Waals surface area contributed by atoms with Crippen molar-refractivity contribution in [3.8, 4) is 0 Å². The summed E-state index contributed by atoms with van der Waals surface area (Å²) in [5.74, 6) is 2.55. The van der Waals surface area contributed by atoms with Crippen molar-refractivity contribution in [1.82, 2.24) is 5.32 Å². The molecule has 0 atom stereocenters. The molecule has 5 saturated carbocycles. The number of nitrogens with one attached hydrogen (secondary N) is 1. The lowest BCUT2D eigenvalue weighted by molar-refractivity contribution is -0.0236. The molecule has 4 bridgehead atoms. The molecule has 1 amide bonds. The van der Waals surface area contributed by atoms with Crippen molar-refractivity contribution in [3.63, 3.8) is 0 Å². The Hall–Kier alpha value is -0.770. The van der Waals surface area contributed by atoms with Gasteiger partial charge in [-0.25, -0.2) is 4.79 Å². The molecule has 0 aromatic heterocycles. The molecule has 5 aliphatic carbocycles. The van der Waals surface area contributed by atoms with Crippen molar-refractivity contribution in [2.75, 3.05) is 0 Å². The normalized spacial score (nSPS) is 48.1. The standard InChI is InChI=1S/C17H28N2O2/c18-14-1-3-15(4-2-14)21-16(20)19-17-8-11-5-12(9-17)7-13(6-11)10-17/h11-15H,1-10,18H2,(H,19,20). The van der Waals surface area contributed by atoms with Gasteiger partial charge < -0.3 is 15.8 Å². The Labute approximate surface area is 127 Å². The second-order valence-electron chi connectivity index (χ2n) is 8.26. The highest BCUT2D eigenvalue weighted by molar-refractivity contribution is 5.68. The second kappa shape index (κ2) is 5.15. The minimum atomic E-state index is -0.169. The van der Waals surface area contributed by atoms with Gasteiger partial charge in [0.05, 0.1) is 0 Å². The molecule has 0 saturated heterocycles. The van der Waals surface area contributed by atoms with Crippen LogP contribution in [0, 0.1) is 17.8 Å². The van der Waals surface area contributed by atoms with Crippen molar-refractivity contribution in [3.05, 3.63) is 0 Å². The number of ether oxygens (including phenoxy) is 1. The molecule has 5 fully saturated rings. The summed E-state index contributed by atoms with van der Waals surface area (Å²) in [7, 11) is 0. The highest BCUT2D eigenvalue weighted by Crippen LogP contribution is 2.55. The summed E-state index contributed by atoms with van der Waals surface area (Å²) < 4.78 is 5.67. The maximum Gasteiger partial charge on any atom is 0.407 e. The van der Waals surface area contributed by atoms with Gasteiger partial charge in [-0.1, -0.05) is 0 Å². The zero-order chi connectivity index (χ0) is 14.4. The van der Waals surface area contributed by atoms with Crippen molar-refractivity contribution < 1.29 is 9.53 Å². The van der Waals surface area contributed by atoms with Gasteiger partial charge in [-0.05, 0) is 82.0 Å². The SMILES string of the molecule is NC1CCC(OC(=O)NC23CC4CC(CC(C4)C2)C3)CC1. The van der Waals surface area contributed by atoms with Gasteiger partial charge in [0, 0.05) is 11.6 Å². The molecule has 118 valence electrons. The predicted octanol–water partition coefficient (Wildman–Crippen LogP) is 2.95. The third kappa shape index (κ3) is 2.79. The van der Waals surface area contributed by atoms with E-state index >= 15 is 0 Å². The third-order valence-corrected chi connectivity index (χ3v) is 6.40. The van der Waals surface area contributed by atoms with E-state index in [2.05, 4.69) is 5.32 Å². The zero-order valence-electron chi connectivity index (χ0n) is 12.9. The number of hydrogen-bond acceptors (Lipinski definition) is 3. The van der Waals surface area contributed by atoms with Gasteiger partial charge in [0.25, 0.3) is 0 Å². The fraction of sp³-hybridized carbons (Fsp3) is 0.941. The molecule has 4 heteroatoms. The van der Waals surface area contributed by atoms with Gasteiger partial charge in [0.1, 0.15) is 6.10 Å². The lowest BCUT2D eigenvalue weighted by Crippen LogP contribution is -2.60. The van der Waals surface area contributed by atoms with Crippen LogP contribution in [-0.4, -0.2) is 23.8 Å². The quantitative estimate of drug-likeness (QED) is 0.822. The molecule has 4 nitrogen and oxygen atoms in total. The highest BCUT2D eigenvalue weighted by Gasteiger charge is 2.51. The highest BCUT2D eigenvalue weighted by atomic mass is 16.6. The number of carbonyl (C=O) groups excluding carboxylic acids is 1. The van der Waals surface area contributed by atoms with E-state index in [0.29, 0.717) is 6.04 Å². The lowest BCUT2D eigenvalue weighted by atomic mass is 9.53. The Balaban J connectivity index is 1.34. The van der Waals surface area contributed by atoms with E-state index in [1.54, 1.807) is 0 Å². The van der Waals surface area contributed by atoms with Crippen LogP contribution in [0.3, 0.4) is 0 Å². The number of nitrogens with two attached hydrogens (primary N) is 1. The number of hydrogen-bond donors (Lipinski definition) is 2. The molecule has 5 aliphatic rings. The monoisotopic (exact) mass is 292 g/mol. The molecule has 0 heterocycles. The average molecular weight is 292 g/mol. The molecule has 0 aromatic rings. The first-order chi connectivity index (χ1) is 10.1. The molecule has 21 heavy (non-hydrogen) atoms. The first-order valence-electron chi connectivity index (χ1n) is 8.85. The van der Waals surface area contributed by atoms with Gasteiger partial charge >= 0.3 is 6.09 Å². The molecule has 0 radical (unpaired) electrons. The van der Waals surface area contributed by atoms with Crippen LogP contribution in [0.2, 0.25) is 0 Å². The van der Waals surface area contributed by atoms with Crippen LogP contribution in [0.15, 0.2) is 0 Å². The number of amides is 1. The van der Waals surface area contributed by atoms with Gasteiger partial charge in [-0.3, -0.25) is 0 Å². The van der Waals surface area contributed by atoms with Gasteiger partial charge in [0.2, 0.25) is 0 Å². The zero-order valence-corrected chi connectivity index (χ0v) is 12.9. The summed E-state index contributed by atoms with van der Waals surface area (Å²) in [6.07, 6.45) is 11.5. The van der Waals surface area contributed by atoms with Crippen LogP contribution in [0.4, 0.5) is 4.79 Å². The van der Waals surface area contributed by atoms with Crippen LogP contribution >= 0.6 is 0 Å². The molecule has 0 aliphatic heterocycles. The van der Waals surface area contributed by atoms with E-state index in [4.69, 9.17) is 10.5 Å². The van der Waals surface area contributed by atoms with Gasteiger partial charge in [0.15, 0.2) is 0 Å². The maximum atomic E-state index is 12.3. The summed E-state index contributed by atoms with van der Waals surface area (Å²) in [4.78, 5) is 12.3.